The number of carbonyl (C=O) groups excluding carboxylic acids is 1. The van der Waals surface area contributed by atoms with Crippen LogP contribution in [0.2, 0.25) is 0 Å². The van der Waals surface area contributed by atoms with Crippen molar-refractivity contribution >= 4 is 16.3 Å². The molecule has 0 saturated heterocycles. The van der Waals surface area contributed by atoms with E-state index in [0.717, 1.165) is 12.8 Å². The topological polar surface area (TPSA) is 67.6 Å². The van der Waals surface area contributed by atoms with Crippen molar-refractivity contribution in [3.8, 4) is 0 Å². The summed E-state index contributed by atoms with van der Waals surface area (Å²) in [5, 5.41) is -0.155. The average molecular weight is 315 g/mol. The van der Waals surface area contributed by atoms with Gasteiger partial charge in [-0.3, -0.25) is 4.79 Å². The molecule has 6 heteroatoms. The van der Waals surface area contributed by atoms with E-state index in [9.17, 15) is 13.2 Å². The zero-order valence-corrected chi connectivity index (χ0v) is 14.0. The number of carbonyl (C=O) groups is 1. The molecule has 0 saturated carbocycles. The zero-order valence-electron chi connectivity index (χ0n) is 13.2. The van der Waals surface area contributed by atoms with Gasteiger partial charge in [-0.15, -0.1) is 0 Å². The maximum atomic E-state index is 12.6. The van der Waals surface area contributed by atoms with Gasteiger partial charge in [0.2, 0.25) is 5.09 Å². The third-order valence-corrected chi connectivity index (χ3v) is 5.00. The van der Waals surface area contributed by atoms with Gasteiger partial charge in [-0.05, 0) is 36.8 Å². The SMILES string of the molecule is CC(C)CCN(CCC(C)C)S(=O)(=O)c1ccc(C=O)o1. The summed E-state index contributed by atoms with van der Waals surface area (Å²) in [6.07, 6.45) is 2.09. The predicted molar refractivity (Wildman–Crippen MR) is 81.8 cm³/mol. The molecule has 0 bridgehead atoms. The molecular formula is C15H25NO4S. The maximum absolute atomic E-state index is 12.6. The largest absolute Gasteiger partial charge is 0.440 e. The van der Waals surface area contributed by atoms with Crippen LogP contribution >= 0.6 is 0 Å². The van der Waals surface area contributed by atoms with Crippen molar-refractivity contribution in [2.45, 2.75) is 45.6 Å². The first-order valence-electron chi connectivity index (χ1n) is 7.32. The van der Waals surface area contributed by atoms with Crippen molar-refractivity contribution in [3.63, 3.8) is 0 Å². The van der Waals surface area contributed by atoms with E-state index >= 15 is 0 Å². The molecular weight excluding hydrogens is 290 g/mol. The molecule has 0 aliphatic carbocycles. The van der Waals surface area contributed by atoms with Crippen LogP contribution in [0.25, 0.3) is 0 Å². The fraction of sp³-hybridized carbons (Fsp3) is 0.667. The van der Waals surface area contributed by atoms with Crippen LogP contribution < -0.4 is 0 Å². The first kappa shape index (κ1) is 17.9. The summed E-state index contributed by atoms with van der Waals surface area (Å²) in [6.45, 7) is 9.16. The molecule has 21 heavy (non-hydrogen) atoms. The van der Waals surface area contributed by atoms with Gasteiger partial charge in [0.25, 0.3) is 10.0 Å². The van der Waals surface area contributed by atoms with Crippen molar-refractivity contribution in [1.82, 2.24) is 4.31 Å². The zero-order chi connectivity index (χ0) is 16.0. The molecule has 0 amide bonds. The summed E-state index contributed by atoms with van der Waals surface area (Å²) < 4.78 is 31.8. The summed E-state index contributed by atoms with van der Waals surface area (Å²) in [5.41, 5.74) is 0. The van der Waals surface area contributed by atoms with Crippen LogP contribution in [0.5, 0.6) is 0 Å². The van der Waals surface area contributed by atoms with Crippen molar-refractivity contribution in [1.29, 1.82) is 0 Å². The smallest absolute Gasteiger partial charge is 0.276 e. The molecule has 1 rings (SSSR count). The number of hydrogen-bond acceptors (Lipinski definition) is 4. The molecule has 0 aliphatic rings. The third-order valence-electron chi connectivity index (χ3n) is 3.22. The molecule has 0 radical (unpaired) electrons. The van der Waals surface area contributed by atoms with Gasteiger partial charge in [-0.1, -0.05) is 27.7 Å². The van der Waals surface area contributed by atoms with Crippen molar-refractivity contribution in [2.75, 3.05) is 13.1 Å². The standard InChI is InChI=1S/C15H25NO4S/c1-12(2)7-9-16(10-8-13(3)4)21(18,19)15-6-5-14(11-17)20-15/h5-6,11-13H,7-10H2,1-4H3. The first-order valence-corrected chi connectivity index (χ1v) is 8.76. The van der Waals surface area contributed by atoms with E-state index in [0.29, 0.717) is 31.2 Å². The Hall–Kier alpha value is -1.14. The second kappa shape index (κ2) is 7.75. The Morgan fingerprint density at radius 2 is 1.62 bits per heavy atom. The fourth-order valence-corrected chi connectivity index (χ4v) is 3.21. The van der Waals surface area contributed by atoms with Crippen LogP contribution in [0.3, 0.4) is 0 Å². The molecule has 1 aromatic heterocycles. The monoisotopic (exact) mass is 315 g/mol. The van der Waals surface area contributed by atoms with Crippen LogP contribution in [0.4, 0.5) is 0 Å². The lowest BCUT2D eigenvalue weighted by Crippen LogP contribution is -2.34. The van der Waals surface area contributed by atoms with Crippen LogP contribution in [0, 0.1) is 11.8 Å². The summed E-state index contributed by atoms with van der Waals surface area (Å²) in [7, 11) is -3.67. The van der Waals surface area contributed by atoms with Gasteiger partial charge < -0.3 is 4.42 Å². The Morgan fingerprint density at radius 3 is 2.00 bits per heavy atom. The van der Waals surface area contributed by atoms with Gasteiger partial charge in [0.15, 0.2) is 12.0 Å². The average Bonchev–Trinajstić information content (AvgIpc) is 2.87. The summed E-state index contributed by atoms with van der Waals surface area (Å²) >= 11 is 0. The highest BCUT2D eigenvalue weighted by atomic mass is 32.2. The molecule has 0 unspecified atom stereocenters. The number of rotatable bonds is 9. The molecule has 0 fully saturated rings. The van der Waals surface area contributed by atoms with Gasteiger partial charge in [0, 0.05) is 13.1 Å². The summed E-state index contributed by atoms with van der Waals surface area (Å²) in [6, 6.07) is 2.72. The van der Waals surface area contributed by atoms with Crippen LogP contribution in [-0.2, 0) is 10.0 Å². The maximum Gasteiger partial charge on any atom is 0.276 e. The number of hydrogen-bond donors (Lipinski definition) is 0. The van der Waals surface area contributed by atoms with E-state index in [1.54, 1.807) is 0 Å². The van der Waals surface area contributed by atoms with Gasteiger partial charge in [0.1, 0.15) is 0 Å². The van der Waals surface area contributed by atoms with Crippen molar-refractivity contribution in [3.05, 3.63) is 17.9 Å². The molecule has 0 aliphatic heterocycles. The number of sulfonamides is 1. The predicted octanol–water partition coefficient (Wildman–Crippen LogP) is 3.18. The van der Waals surface area contributed by atoms with Gasteiger partial charge in [-0.2, -0.15) is 4.31 Å². The quantitative estimate of drug-likeness (QED) is 0.656. The molecule has 120 valence electrons. The minimum absolute atomic E-state index is 0.0289. The fourth-order valence-electron chi connectivity index (χ4n) is 1.82. The molecule has 1 aromatic rings. The second-order valence-electron chi connectivity index (χ2n) is 6.04. The highest BCUT2D eigenvalue weighted by Crippen LogP contribution is 2.20. The lowest BCUT2D eigenvalue weighted by molar-refractivity contribution is 0.109. The number of furan rings is 1. The Bertz CT molecular complexity index is 534. The molecule has 0 atom stereocenters. The number of aldehydes is 1. The van der Waals surface area contributed by atoms with Crippen LogP contribution in [-0.4, -0.2) is 32.1 Å². The van der Waals surface area contributed by atoms with E-state index in [4.69, 9.17) is 4.42 Å². The Kier molecular flexibility index (Phi) is 6.61. The summed E-state index contributed by atoms with van der Waals surface area (Å²) in [4.78, 5) is 10.6. The molecule has 5 nitrogen and oxygen atoms in total. The van der Waals surface area contributed by atoms with E-state index in [1.807, 2.05) is 0 Å². The van der Waals surface area contributed by atoms with Gasteiger partial charge >= 0.3 is 0 Å². The third kappa shape index (κ3) is 5.28. The lowest BCUT2D eigenvalue weighted by atomic mass is 10.1. The van der Waals surface area contributed by atoms with E-state index in [2.05, 4.69) is 27.7 Å². The van der Waals surface area contributed by atoms with Crippen LogP contribution in [0.15, 0.2) is 21.6 Å². The van der Waals surface area contributed by atoms with Crippen LogP contribution in [0.1, 0.15) is 51.1 Å². The molecule has 0 N–H and O–H groups in total. The van der Waals surface area contributed by atoms with E-state index in [1.165, 1.54) is 16.4 Å². The Balaban J connectivity index is 2.94. The van der Waals surface area contributed by atoms with E-state index in [-0.39, 0.29) is 10.9 Å². The highest BCUT2D eigenvalue weighted by molar-refractivity contribution is 7.89. The van der Waals surface area contributed by atoms with Crippen molar-refractivity contribution in [2.24, 2.45) is 11.8 Å². The first-order chi connectivity index (χ1) is 9.77. The molecule has 0 aromatic carbocycles. The highest BCUT2D eigenvalue weighted by Gasteiger charge is 2.27. The Labute approximate surface area is 127 Å². The van der Waals surface area contributed by atoms with Gasteiger partial charge in [-0.25, -0.2) is 8.42 Å². The normalized spacial score (nSPS) is 12.5. The number of nitrogens with zero attached hydrogens (tertiary/aromatic N) is 1. The lowest BCUT2D eigenvalue weighted by Gasteiger charge is -2.22. The minimum atomic E-state index is -3.67. The van der Waals surface area contributed by atoms with E-state index < -0.39 is 10.0 Å². The van der Waals surface area contributed by atoms with Gasteiger partial charge in [0.05, 0.1) is 0 Å². The van der Waals surface area contributed by atoms with Crippen molar-refractivity contribution < 1.29 is 17.6 Å². The molecule has 0 spiro atoms. The minimum Gasteiger partial charge on any atom is -0.440 e. The second-order valence-corrected chi connectivity index (χ2v) is 7.91. The molecule has 1 heterocycles. The summed E-state index contributed by atoms with van der Waals surface area (Å²) in [5.74, 6) is 0.869. The Morgan fingerprint density at radius 1 is 1.10 bits per heavy atom.